The molecule has 0 saturated carbocycles. The minimum absolute atomic E-state index is 0.0458. The lowest BCUT2D eigenvalue weighted by Gasteiger charge is -2.35. The average Bonchev–Trinajstić information content (AvgIpc) is 3.24. The van der Waals surface area contributed by atoms with Crippen LogP contribution in [0.1, 0.15) is 44.9 Å². The van der Waals surface area contributed by atoms with E-state index in [1.807, 2.05) is 48.1 Å². The first-order chi connectivity index (χ1) is 12.7. The zero-order valence-electron chi connectivity index (χ0n) is 16.4. The van der Waals surface area contributed by atoms with E-state index in [0.29, 0.717) is 32.5 Å². The van der Waals surface area contributed by atoms with E-state index in [-0.39, 0.29) is 35.2 Å². The largest absolute Gasteiger partial charge is 0.353 e. The Labute approximate surface area is 164 Å². The molecule has 1 atom stereocenters. The van der Waals surface area contributed by atoms with Crippen molar-refractivity contribution in [1.29, 1.82) is 0 Å². The van der Waals surface area contributed by atoms with E-state index in [1.54, 1.807) is 11.3 Å². The number of nitrogens with zero attached hydrogens (tertiary/aromatic N) is 2. The average molecular weight is 392 g/mol. The second kappa shape index (κ2) is 8.00. The second-order valence-corrected chi connectivity index (χ2v) is 9.53. The van der Waals surface area contributed by atoms with Crippen molar-refractivity contribution in [3.8, 4) is 0 Å². The second-order valence-electron chi connectivity index (χ2n) is 8.50. The molecular formula is C20H29N3O3S. The van der Waals surface area contributed by atoms with Gasteiger partial charge in [-0.2, -0.15) is 0 Å². The van der Waals surface area contributed by atoms with E-state index >= 15 is 0 Å². The molecule has 2 aliphatic rings. The van der Waals surface area contributed by atoms with E-state index < -0.39 is 0 Å². The number of hydrogen-bond donors (Lipinski definition) is 1. The molecule has 148 valence electrons. The van der Waals surface area contributed by atoms with E-state index in [4.69, 9.17) is 0 Å². The number of carbonyl (C=O) groups is 3. The molecule has 1 aromatic heterocycles. The lowest BCUT2D eigenvalue weighted by molar-refractivity contribution is -0.137. The lowest BCUT2D eigenvalue weighted by atomic mass is 10.0. The monoisotopic (exact) mass is 391 g/mol. The van der Waals surface area contributed by atoms with E-state index in [9.17, 15) is 14.4 Å². The minimum Gasteiger partial charge on any atom is -0.353 e. The fraction of sp³-hybridized carbons (Fsp3) is 0.650. The molecule has 1 N–H and O–H groups in total. The molecule has 3 rings (SSSR count). The summed E-state index contributed by atoms with van der Waals surface area (Å²) in [6.07, 6.45) is 2.27. The van der Waals surface area contributed by atoms with Gasteiger partial charge >= 0.3 is 0 Å². The maximum Gasteiger partial charge on any atom is 0.227 e. The van der Waals surface area contributed by atoms with Crippen LogP contribution in [0.2, 0.25) is 0 Å². The summed E-state index contributed by atoms with van der Waals surface area (Å²) in [5.74, 6) is -0.0406. The number of thiophene rings is 1. The lowest BCUT2D eigenvalue weighted by Crippen LogP contribution is -2.49. The van der Waals surface area contributed by atoms with Gasteiger partial charge in [0.05, 0.1) is 12.3 Å². The van der Waals surface area contributed by atoms with Gasteiger partial charge in [0.15, 0.2) is 0 Å². The first-order valence-corrected chi connectivity index (χ1v) is 10.5. The fourth-order valence-corrected chi connectivity index (χ4v) is 4.58. The van der Waals surface area contributed by atoms with Gasteiger partial charge in [-0.3, -0.25) is 14.4 Å². The standard InChI is InChI=1S/C20H29N3O3S/c1-20(2,3)23-13-14(11-18(23)25)19(26)22-8-6-15(7-9-22)21-17(24)12-16-5-4-10-27-16/h4-5,10,14-15H,6-9,11-13H2,1-3H3,(H,21,24). The molecule has 2 fully saturated rings. The van der Waals surface area contributed by atoms with Crippen molar-refractivity contribution in [2.45, 2.75) is 58.0 Å². The molecule has 1 aromatic rings. The Morgan fingerprint density at radius 3 is 2.52 bits per heavy atom. The van der Waals surface area contributed by atoms with Crippen molar-refractivity contribution >= 4 is 29.1 Å². The van der Waals surface area contributed by atoms with Crippen LogP contribution in [0.4, 0.5) is 0 Å². The van der Waals surface area contributed by atoms with Crippen LogP contribution in [0.5, 0.6) is 0 Å². The Bertz CT molecular complexity index is 688. The van der Waals surface area contributed by atoms with Crippen molar-refractivity contribution < 1.29 is 14.4 Å². The molecule has 0 aliphatic carbocycles. The number of nitrogens with one attached hydrogen (secondary N) is 1. The molecule has 0 bridgehead atoms. The first-order valence-electron chi connectivity index (χ1n) is 9.65. The summed E-state index contributed by atoms with van der Waals surface area (Å²) < 4.78 is 0. The predicted molar refractivity (Wildman–Crippen MR) is 105 cm³/mol. The van der Waals surface area contributed by atoms with Gasteiger partial charge in [0.2, 0.25) is 17.7 Å². The smallest absolute Gasteiger partial charge is 0.227 e. The fourth-order valence-electron chi connectivity index (χ4n) is 3.87. The van der Waals surface area contributed by atoms with Crippen molar-refractivity contribution in [1.82, 2.24) is 15.1 Å². The number of carbonyl (C=O) groups excluding carboxylic acids is 3. The summed E-state index contributed by atoms with van der Waals surface area (Å²) in [6.45, 7) is 7.80. The van der Waals surface area contributed by atoms with Crippen LogP contribution in [-0.4, -0.2) is 58.7 Å². The maximum atomic E-state index is 12.8. The third-order valence-electron chi connectivity index (χ3n) is 5.37. The Kier molecular flexibility index (Phi) is 5.89. The van der Waals surface area contributed by atoms with E-state index in [1.165, 1.54) is 0 Å². The molecule has 6 nitrogen and oxygen atoms in total. The van der Waals surface area contributed by atoms with Crippen LogP contribution >= 0.6 is 11.3 Å². The summed E-state index contributed by atoms with van der Waals surface area (Å²) in [7, 11) is 0. The highest BCUT2D eigenvalue weighted by Gasteiger charge is 2.41. The molecule has 1 unspecified atom stereocenters. The third-order valence-corrected chi connectivity index (χ3v) is 6.25. The summed E-state index contributed by atoms with van der Waals surface area (Å²) in [6, 6.07) is 4.04. The molecule has 7 heteroatoms. The van der Waals surface area contributed by atoms with Gasteiger partial charge < -0.3 is 15.1 Å². The highest BCUT2D eigenvalue weighted by Crippen LogP contribution is 2.28. The number of hydrogen-bond acceptors (Lipinski definition) is 4. The summed E-state index contributed by atoms with van der Waals surface area (Å²) >= 11 is 1.59. The van der Waals surface area contributed by atoms with Crippen LogP contribution in [0.15, 0.2) is 17.5 Å². The summed E-state index contributed by atoms with van der Waals surface area (Å²) in [5.41, 5.74) is -0.244. The van der Waals surface area contributed by atoms with Crippen molar-refractivity contribution in [2.24, 2.45) is 5.92 Å². The van der Waals surface area contributed by atoms with Crippen LogP contribution in [0, 0.1) is 5.92 Å². The molecule has 3 amide bonds. The molecule has 2 aliphatic heterocycles. The maximum absolute atomic E-state index is 12.8. The Morgan fingerprint density at radius 1 is 1.26 bits per heavy atom. The van der Waals surface area contributed by atoms with Crippen LogP contribution < -0.4 is 5.32 Å². The Balaban J connectivity index is 1.45. The predicted octanol–water partition coefficient (Wildman–Crippen LogP) is 2.04. The van der Waals surface area contributed by atoms with Gasteiger partial charge in [-0.25, -0.2) is 0 Å². The van der Waals surface area contributed by atoms with Crippen LogP contribution in [0.3, 0.4) is 0 Å². The van der Waals surface area contributed by atoms with Gasteiger partial charge in [-0.1, -0.05) is 6.07 Å². The van der Waals surface area contributed by atoms with Crippen molar-refractivity contribution in [3.05, 3.63) is 22.4 Å². The van der Waals surface area contributed by atoms with Crippen LogP contribution in [0.25, 0.3) is 0 Å². The Morgan fingerprint density at radius 2 is 1.96 bits per heavy atom. The van der Waals surface area contributed by atoms with E-state index in [0.717, 1.165) is 17.7 Å². The molecule has 2 saturated heterocycles. The molecule has 0 aromatic carbocycles. The van der Waals surface area contributed by atoms with Gasteiger partial charge in [-0.15, -0.1) is 11.3 Å². The summed E-state index contributed by atoms with van der Waals surface area (Å²) in [4.78, 5) is 41.9. The normalized spacial score (nSPS) is 21.6. The molecule has 0 radical (unpaired) electrons. The quantitative estimate of drug-likeness (QED) is 0.854. The van der Waals surface area contributed by atoms with Gasteiger partial charge in [0.25, 0.3) is 0 Å². The number of amides is 3. The zero-order valence-corrected chi connectivity index (χ0v) is 17.2. The number of rotatable bonds is 4. The minimum atomic E-state index is -0.244. The van der Waals surface area contributed by atoms with Crippen molar-refractivity contribution in [2.75, 3.05) is 19.6 Å². The number of piperidine rings is 1. The summed E-state index contributed by atoms with van der Waals surface area (Å²) in [5, 5.41) is 5.06. The van der Waals surface area contributed by atoms with Gasteiger partial charge in [0, 0.05) is 42.5 Å². The third kappa shape index (κ3) is 4.89. The van der Waals surface area contributed by atoms with Gasteiger partial charge in [-0.05, 0) is 45.1 Å². The Hall–Kier alpha value is -1.89. The van der Waals surface area contributed by atoms with Crippen molar-refractivity contribution in [3.63, 3.8) is 0 Å². The highest BCUT2D eigenvalue weighted by molar-refractivity contribution is 7.10. The SMILES string of the molecule is CC(C)(C)N1CC(C(=O)N2CCC(NC(=O)Cc3cccs3)CC2)CC1=O. The van der Waals surface area contributed by atoms with Crippen LogP contribution in [-0.2, 0) is 20.8 Å². The first kappa shape index (κ1) is 19.9. The molecule has 0 spiro atoms. The number of likely N-dealkylation sites (tertiary alicyclic amines) is 2. The molecule has 27 heavy (non-hydrogen) atoms. The zero-order chi connectivity index (χ0) is 19.6. The molecule has 3 heterocycles. The van der Waals surface area contributed by atoms with E-state index in [2.05, 4.69) is 5.32 Å². The highest BCUT2D eigenvalue weighted by atomic mass is 32.1. The molecular weight excluding hydrogens is 362 g/mol. The topological polar surface area (TPSA) is 69.7 Å². The van der Waals surface area contributed by atoms with Gasteiger partial charge in [0.1, 0.15) is 0 Å².